The molecule has 1 amide bonds. The molecule has 0 radical (unpaired) electrons. The van der Waals surface area contributed by atoms with Crippen molar-refractivity contribution in [2.45, 2.75) is 37.6 Å². The van der Waals surface area contributed by atoms with E-state index in [1.165, 1.54) is 6.07 Å². The average Bonchev–Trinajstić information content (AvgIpc) is 2.99. The zero-order valence-corrected chi connectivity index (χ0v) is 13.0. The van der Waals surface area contributed by atoms with Crippen molar-refractivity contribution in [3.8, 4) is 0 Å². The maximum Gasteiger partial charge on any atom is 0.417 e. The van der Waals surface area contributed by atoms with Gasteiger partial charge in [-0.05, 0) is 25.0 Å². The molecule has 24 heavy (non-hydrogen) atoms. The topological polar surface area (TPSA) is 83.5 Å². The third kappa shape index (κ3) is 5.64. The standard InChI is InChI=1S/C15H20F3N3O3/c16-15(17,18)10-1-4-13(21-8-10)19-5-6-20-14(23)7-11-2-3-12(9-22)24-11/h1,4,8,11-12,22H,2-3,5-7,9H2,(H,19,21)(H,20,23). The van der Waals surface area contributed by atoms with E-state index >= 15 is 0 Å². The summed E-state index contributed by atoms with van der Waals surface area (Å²) in [5.74, 6) is 0.142. The molecule has 2 atom stereocenters. The number of aromatic nitrogens is 1. The van der Waals surface area contributed by atoms with Crippen LogP contribution in [0.5, 0.6) is 0 Å². The van der Waals surface area contributed by atoms with Crippen LogP contribution in [0.15, 0.2) is 18.3 Å². The summed E-state index contributed by atoms with van der Waals surface area (Å²) >= 11 is 0. The van der Waals surface area contributed by atoms with Crippen molar-refractivity contribution in [3.63, 3.8) is 0 Å². The lowest BCUT2D eigenvalue weighted by atomic mass is 10.1. The Morgan fingerprint density at radius 3 is 2.62 bits per heavy atom. The van der Waals surface area contributed by atoms with Crippen LogP contribution >= 0.6 is 0 Å². The summed E-state index contributed by atoms with van der Waals surface area (Å²) in [6.45, 7) is 0.620. The molecule has 3 N–H and O–H groups in total. The number of carbonyl (C=O) groups is 1. The van der Waals surface area contributed by atoms with Gasteiger partial charge in [-0.3, -0.25) is 4.79 Å². The summed E-state index contributed by atoms with van der Waals surface area (Å²) in [6, 6.07) is 2.19. The molecule has 2 rings (SSSR count). The Labute approximate surface area is 137 Å². The Kier molecular flexibility index (Phi) is 6.38. The summed E-state index contributed by atoms with van der Waals surface area (Å²) in [5.41, 5.74) is -0.806. The second-order valence-electron chi connectivity index (χ2n) is 5.55. The molecule has 1 aliphatic heterocycles. The molecule has 1 aromatic heterocycles. The second-order valence-corrected chi connectivity index (χ2v) is 5.55. The van der Waals surface area contributed by atoms with Gasteiger partial charge in [-0.1, -0.05) is 0 Å². The van der Waals surface area contributed by atoms with Gasteiger partial charge in [0.25, 0.3) is 0 Å². The minimum atomic E-state index is -4.41. The quantitative estimate of drug-likeness (QED) is 0.652. The molecule has 0 bridgehead atoms. The first-order chi connectivity index (χ1) is 11.4. The molecule has 0 spiro atoms. The number of aliphatic hydroxyl groups is 1. The molecular formula is C15H20F3N3O3. The Balaban J connectivity index is 1.63. The Morgan fingerprint density at radius 1 is 1.29 bits per heavy atom. The van der Waals surface area contributed by atoms with Crippen LogP contribution in [-0.4, -0.2) is 47.9 Å². The Bertz CT molecular complexity index is 537. The summed E-state index contributed by atoms with van der Waals surface area (Å²) < 4.78 is 42.7. The van der Waals surface area contributed by atoms with E-state index in [9.17, 15) is 18.0 Å². The fraction of sp³-hybridized carbons (Fsp3) is 0.600. The number of rotatable bonds is 7. The summed E-state index contributed by atoms with van der Waals surface area (Å²) in [5, 5.41) is 14.5. The van der Waals surface area contributed by atoms with Crippen LogP contribution in [0.25, 0.3) is 0 Å². The normalized spacial score (nSPS) is 20.8. The number of hydrogen-bond donors (Lipinski definition) is 3. The van der Waals surface area contributed by atoms with Gasteiger partial charge in [-0.2, -0.15) is 13.2 Å². The number of amides is 1. The molecular weight excluding hydrogens is 327 g/mol. The van der Waals surface area contributed by atoms with Gasteiger partial charge in [-0.25, -0.2) is 4.98 Å². The number of nitrogens with one attached hydrogen (secondary N) is 2. The zero-order valence-electron chi connectivity index (χ0n) is 13.0. The maximum atomic E-state index is 12.4. The first-order valence-corrected chi connectivity index (χ1v) is 7.68. The van der Waals surface area contributed by atoms with Gasteiger partial charge in [0, 0.05) is 19.3 Å². The lowest BCUT2D eigenvalue weighted by molar-refractivity contribution is -0.137. The van der Waals surface area contributed by atoms with Gasteiger partial charge in [0.2, 0.25) is 5.91 Å². The molecule has 1 fully saturated rings. The minimum Gasteiger partial charge on any atom is -0.394 e. The first-order valence-electron chi connectivity index (χ1n) is 7.68. The predicted molar refractivity (Wildman–Crippen MR) is 80.3 cm³/mol. The highest BCUT2D eigenvalue weighted by Crippen LogP contribution is 2.28. The first kappa shape index (κ1) is 18.5. The second kappa shape index (κ2) is 8.29. The van der Waals surface area contributed by atoms with Crippen LogP contribution in [0.4, 0.5) is 19.0 Å². The molecule has 9 heteroatoms. The summed E-state index contributed by atoms with van der Waals surface area (Å²) in [6.07, 6.45) is -2.29. The van der Waals surface area contributed by atoms with Crippen molar-refractivity contribution in [1.82, 2.24) is 10.3 Å². The highest BCUT2D eigenvalue weighted by molar-refractivity contribution is 5.76. The van der Waals surface area contributed by atoms with Crippen LogP contribution in [0.1, 0.15) is 24.8 Å². The number of aliphatic hydroxyl groups excluding tert-OH is 1. The number of nitrogens with zero attached hydrogens (tertiary/aromatic N) is 1. The van der Waals surface area contributed by atoms with E-state index < -0.39 is 11.7 Å². The average molecular weight is 347 g/mol. The smallest absolute Gasteiger partial charge is 0.394 e. The molecule has 134 valence electrons. The molecule has 0 aliphatic carbocycles. The van der Waals surface area contributed by atoms with Crippen LogP contribution < -0.4 is 10.6 Å². The Morgan fingerprint density at radius 2 is 2.04 bits per heavy atom. The van der Waals surface area contributed by atoms with E-state index in [2.05, 4.69) is 15.6 Å². The third-order valence-corrected chi connectivity index (χ3v) is 3.66. The van der Waals surface area contributed by atoms with E-state index in [1.54, 1.807) is 0 Å². The van der Waals surface area contributed by atoms with Crippen molar-refractivity contribution in [2.75, 3.05) is 25.0 Å². The largest absolute Gasteiger partial charge is 0.417 e. The van der Waals surface area contributed by atoms with Crippen molar-refractivity contribution < 1.29 is 27.8 Å². The number of alkyl halides is 3. The fourth-order valence-electron chi connectivity index (χ4n) is 2.40. The van der Waals surface area contributed by atoms with Crippen LogP contribution in [0.2, 0.25) is 0 Å². The maximum absolute atomic E-state index is 12.4. The van der Waals surface area contributed by atoms with Gasteiger partial charge in [0.05, 0.1) is 30.8 Å². The number of anilines is 1. The summed E-state index contributed by atoms with van der Waals surface area (Å²) in [4.78, 5) is 15.4. The van der Waals surface area contributed by atoms with E-state index in [-0.39, 0.29) is 31.1 Å². The van der Waals surface area contributed by atoms with Gasteiger partial charge in [0.15, 0.2) is 0 Å². The molecule has 2 unspecified atom stereocenters. The van der Waals surface area contributed by atoms with E-state index in [0.717, 1.165) is 25.1 Å². The molecule has 0 aromatic carbocycles. The number of hydrogen-bond acceptors (Lipinski definition) is 5. The van der Waals surface area contributed by atoms with Crippen molar-refractivity contribution in [1.29, 1.82) is 0 Å². The number of pyridine rings is 1. The Hall–Kier alpha value is -1.87. The molecule has 2 heterocycles. The van der Waals surface area contributed by atoms with Crippen molar-refractivity contribution in [2.24, 2.45) is 0 Å². The van der Waals surface area contributed by atoms with E-state index in [1.807, 2.05) is 0 Å². The monoisotopic (exact) mass is 347 g/mol. The fourth-order valence-corrected chi connectivity index (χ4v) is 2.40. The number of ether oxygens (including phenoxy) is 1. The summed E-state index contributed by atoms with van der Waals surface area (Å²) in [7, 11) is 0. The lowest BCUT2D eigenvalue weighted by Crippen LogP contribution is -2.31. The third-order valence-electron chi connectivity index (χ3n) is 3.66. The van der Waals surface area contributed by atoms with Crippen LogP contribution in [0, 0.1) is 0 Å². The molecule has 1 saturated heterocycles. The van der Waals surface area contributed by atoms with Crippen molar-refractivity contribution >= 4 is 11.7 Å². The number of carbonyl (C=O) groups excluding carboxylic acids is 1. The zero-order chi connectivity index (χ0) is 17.6. The SMILES string of the molecule is O=C(CC1CCC(CO)O1)NCCNc1ccc(C(F)(F)F)cn1. The molecule has 6 nitrogen and oxygen atoms in total. The molecule has 1 aliphatic rings. The molecule has 0 saturated carbocycles. The van der Waals surface area contributed by atoms with Crippen LogP contribution in [-0.2, 0) is 15.7 Å². The molecule has 1 aromatic rings. The van der Waals surface area contributed by atoms with Gasteiger partial charge in [0.1, 0.15) is 5.82 Å². The van der Waals surface area contributed by atoms with E-state index in [4.69, 9.17) is 9.84 Å². The van der Waals surface area contributed by atoms with Gasteiger partial charge >= 0.3 is 6.18 Å². The lowest BCUT2D eigenvalue weighted by Gasteiger charge is -2.12. The predicted octanol–water partition coefficient (Wildman–Crippen LogP) is 1.56. The minimum absolute atomic E-state index is 0.0395. The van der Waals surface area contributed by atoms with Crippen LogP contribution in [0.3, 0.4) is 0 Å². The highest BCUT2D eigenvalue weighted by Gasteiger charge is 2.30. The van der Waals surface area contributed by atoms with E-state index in [0.29, 0.717) is 18.9 Å². The van der Waals surface area contributed by atoms with Gasteiger partial charge in [-0.15, -0.1) is 0 Å². The van der Waals surface area contributed by atoms with Crippen molar-refractivity contribution in [3.05, 3.63) is 23.9 Å². The number of halogens is 3. The van der Waals surface area contributed by atoms with Gasteiger partial charge < -0.3 is 20.5 Å². The highest BCUT2D eigenvalue weighted by atomic mass is 19.4.